The van der Waals surface area contributed by atoms with Crippen LogP contribution in [0.15, 0.2) is 0 Å². The van der Waals surface area contributed by atoms with Crippen molar-refractivity contribution < 1.29 is 18.0 Å². The Morgan fingerprint density at radius 2 is 2.17 bits per heavy atom. The summed E-state index contributed by atoms with van der Waals surface area (Å²) < 4.78 is 23.8. The van der Waals surface area contributed by atoms with Crippen LogP contribution in [0.3, 0.4) is 0 Å². The van der Waals surface area contributed by atoms with Gasteiger partial charge in [0.15, 0.2) is 0 Å². The summed E-state index contributed by atoms with van der Waals surface area (Å²) >= 11 is 0. The maximum atomic E-state index is 11.5. The molecule has 3 N–H and O–H groups in total. The fourth-order valence-electron chi connectivity index (χ4n) is 1.69. The number of carbonyl (C=O) groups excluding carboxylic acids is 2. The molecule has 1 aliphatic rings. The van der Waals surface area contributed by atoms with Gasteiger partial charge in [0, 0.05) is 19.5 Å². The molecule has 104 valence electrons. The summed E-state index contributed by atoms with van der Waals surface area (Å²) in [6, 6.07) is -0.502. The van der Waals surface area contributed by atoms with Crippen molar-refractivity contribution in [3.8, 4) is 0 Å². The van der Waals surface area contributed by atoms with Crippen LogP contribution in [0.4, 0.5) is 0 Å². The Balaban J connectivity index is 2.32. The molecule has 0 aromatic rings. The van der Waals surface area contributed by atoms with Gasteiger partial charge in [-0.15, -0.1) is 0 Å². The lowest BCUT2D eigenvalue weighted by Gasteiger charge is -2.15. The lowest BCUT2D eigenvalue weighted by atomic mass is 10.1. The summed E-state index contributed by atoms with van der Waals surface area (Å²) in [7, 11) is -3.28. The Hall–Kier alpha value is -1.15. The Kier molecular flexibility index (Phi) is 5.54. The Morgan fingerprint density at radius 1 is 1.44 bits per heavy atom. The van der Waals surface area contributed by atoms with E-state index in [1.54, 1.807) is 0 Å². The monoisotopic (exact) mass is 277 g/mol. The molecule has 18 heavy (non-hydrogen) atoms. The van der Waals surface area contributed by atoms with E-state index in [4.69, 9.17) is 0 Å². The summed E-state index contributed by atoms with van der Waals surface area (Å²) in [5.74, 6) is -0.495. The second kappa shape index (κ2) is 6.69. The van der Waals surface area contributed by atoms with E-state index < -0.39 is 16.1 Å². The number of nitrogens with one attached hydrogen (secondary N) is 3. The highest BCUT2D eigenvalue weighted by Gasteiger charge is 2.21. The molecular weight excluding hydrogens is 258 g/mol. The maximum absolute atomic E-state index is 11.5. The van der Waals surface area contributed by atoms with E-state index in [1.165, 1.54) is 0 Å². The SMILES string of the molecule is CS(=O)(=O)NCCC(=O)NC1CCCCNC1=O. The van der Waals surface area contributed by atoms with Crippen LogP contribution < -0.4 is 15.4 Å². The molecule has 1 atom stereocenters. The predicted octanol–water partition coefficient (Wildman–Crippen LogP) is -1.29. The molecule has 7 nitrogen and oxygen atoms in total. The second-order valence-corrected chi connectivity index (χ2v) is 6.16. The van der Waals surface area contributed by atoms with Crippen LogP contribution in [-0.4, -0.2) is 45.6 Å². The van der Waals surface area contributed by atoms with Gasteiger partial charge in [0.1, 0.15) is 6.04 Å². The van der Waals surface area contributed by atoms with Crippen LogP contribution in [0.2, 0.25) is 0 Å². The van der Waals surface area contributed by atoms with E-state index >= 15 is 0 Å². The quantitative estimate of drug-likeness (QED) is 0.581. The highest BCUT2D eigenvalue weighted by Crippen LogP contribution is 2.05. The third-order valence-electron chi connectivity index (χ3n) is 2.59. The lowest BCUT2D eigenvalue weighted by molar-refractivity contribution is -0.128. The predicted molar refractivity (Wildman–Crippen MR) is 66.3 cm³/mol. The van der Waals surface area contributed by atoms with Gasteiger partial charge in [0.05, 0.1) is 6.26 Å². The molecule has 1 saturated heterocycles. The molecule has 0 aliphatic carbocycles. The average molecular weight is 277 g/mol. The van der Waals surface area contributed by atoms with Crippen LogP contribution in [-0.2, 0) is 19.6 Å². The third-order valence-corrected chi connectivity index (χ3v) is 3.32. The third kappa shape index (κ3) is 5.97. The molecule has 8 heteroatoms. The minimum Gasteiger partial charge on any atom is -0.354 e. The summed E-state index contributed by atoms with van der Waals surface area (Å²) in [5.41, 5.74) is 0. The van der Waals surface area contributed by atoms with Gasteiger partial charge in [-0.05, 0) is 19.3 Å². The highest BCUT2D eigenvalue weighted by atomic mass is 32.2. The highest BCUT2D eigenvalue weighted by molar-refractivity contribution is 7.88. The first-order valence-electron chi connectivity index (χ1n) is 5.90. The number of hydrogen-bond donors (Lipinski definition) is 3. The zero-order valence-electron chi connectivity index (χ0n) is 10.4. The van der Waals surface area contributed by atoms with Crippen LogP contribution in [0, 0.1) is 0 Å². The van der Waals surface area contributed by atoms with E-state index in [1.807, 2.05) is 0 Å². The van der Waals surface area contributed by atoms with Gasteiger partial charge in [-0.25, -0.2) is 13.1 Å². The van der Waals surface area contributed by atoms with Crippen molar-refractivity contribution in [2.45, 2.75) is 31.7 Å². The Labute approximate surface area is 107 Å². The number of amides is 2. The molecule has 0 saturated carbocycles. The normalized spacial score (nSPS) is 20.9. The van der Waals surface area contributed by atoms with Crippen LogP contribution in [0.5, 0.6) is 0 Å². The van der Waals surface area contributed by atoms with E-state index in [0.717, 1.165) is 19.1 Å². The lowest BCUT2D eigenvalue weighted by Crippen LogP contribution is -2.46. The first-order valence-corrected chi connectivity index (χ1v) is 7.79. The second-order valence-electron chi connectivity index (χ2n) is 4.32. The molecule has 1 rings (SSSR count). The number of hydrogen-bond acceptors (Lipinski definition) is 4. The summed E-state index contributed by atoms with van der Waals surface area (Å²) in [5, 5.41) is 5.32. The van der Waals surface area contributed by atoms with Gasteiger partial charge in [-0.3, -0.25) is 9.59 Å². The zero-order valence-corrected chi connectivity index (χ0v) is 11.2. The van der Waals surface area contributed by atoms with Crippen LogP contribution in [0.1, 0.15) is 25.7 Å². The summed E-state index contributed by atoms with van der Waals surface area (Å²) in [6.45, 7) is 0.680. The maximum Gasteiger partial charge on any atom is 0.242 e. The molecular formula is C10H19N3O4S. The van der Waals surface area contributed by atoms with Crippen LogP contribution in [0.25, 0.3) is 0 Å². The molecule has 1 unspecified atom stereocenters. The number of rotatable bonds is 5. The molecule has 1 heterocycles. The van der Waals surface area contributed by atoms with E-state index in [-0.39, 0.29) is 24.8 Å². The standard InChI is InChI=1S/C10H19N3O4S/c1-18(16,17)12-7-5-9(14)13-8-4-2-3-6-11-10(8)15/h8,12H,2-7H2,1H3,(H,11,15)(H,13,14). The van der Waals surface area contributed by atoms with Crippen molar-refractivity contribution in [3.05, 3.63) is 0 Å². The van der Waals surface area contributed by atoms with Crippen LogP contribution >= 0.6 is 0 Å². The van der Waals surface area contributed by atoms with Gasteiger partial charge < -0.3 is 10.6 Å². The minimum absolute atomic E-state index is 0.0247. The number of carbonyl (C=O) groups is 2. The molecule has 0 aromatic carbocycles. The number of sulfonamides is 1. The smallest absolute Gasteiger partial charge is 0.242 e. The van der Waals surface area contributed by atoms with Crippen molar-refractivity contribution >= 4 is 21.8 Å². The summed E-state index contributed by atoms with van der Waals surface area (Å²) in [4.78, 5) is 23.1. The minimum atomic E-state index is -3.28. The fourth-order valence-corrected chi connectivity index (χ4v) is 2.17. The Morgan fingerprint density at radius 3 is 2.83 bits per heavy atom. The first kappa shape index (κ1) is 14.9. The van der Waals surface area contributed by atoms with Crippen molar-refractivity contribution in [1.82, 2.24) is 15.4 Å². The topological polar surface area (TPSA) is 104 Å². The van der Waals surface area contributed by atoms with Crippen molar-refractivity contribution in [3.63, 3.8) is 0 Å². The first-order chi connectivity index (χ1) is 8.38. The van der Waals surface area contributed by atoms with Crippen molar-refractivity contribution in [2.24, 2.45) is 0 Å². The van der Waals surface area contributed by atoms with Gasteiger partial charge >= 0.3 is 0 Å². The van der Waals surface area contributed by atoms with Gasteiger partial charge in [-0.2, -0.15) is 0 Å². The largest absolute Gasteiger partial charge is 0.354 e. The van der Waals surface area contributed by atoms with E-state index in [0.29, 0.717) is 13.0 Å². The van der Waals surface area contributed by atoms with Gasteiger partial charge in [-0.1, -0.05) is 0 Å². The van der Waals surface area contributed by atoms with Crippen molar-refractivity contribution in [2.75, 3.05) is 19.3 Å². The van der Waals surface area contributed by atoms with E-state index in [9.17, 15) is 18.0 Å². The van der Waals surface area contributed by atoms with Gasteiger partial charge in [0.25, 0.3) is 0 Å². The average Bonchev–Trinajstić information content (AvgIpc) is 2.42. The molecule has 0 radical (unpaired) electrons. The molecule has 2 amide bonds. The molecule has 0 bridgehead atoms. The molecule has 0 aromatic heterocycles. The molecule has 0 spiro atoms. The summed E-state index contributed by atoms with van der Waals surface area (Å²) in [6.07, 6.45) is 3.47. The van der Waals surface area contributed by atoms with Crippen molar-refractivity contribution in [1.29, 1.82) is 0 Å². The van der Waals surface area contributed by atoms with Gasteiger partial charge in [0.2, 0.25) is 21.8 Å². The fraction of sp³-hybridized carbons (Fsp3) is 0.800. The molecule has 1 aliphatic heterocycles. The van der Waals surface area contributed by atoms with E-state index in [2.05, 4.69) is 15.4 Å². The molecule has 1 fully saturated rings. The zero-order chi connectivity index (χ0) is 13.6. The Bertz CT molecular complexity index is 407.